The van der Waals surface area contributed by atoms with Crippen molar-refractivity contribution in [2.45, 2.75) is 25.7 Å². The van der Waals surface area contributed by atoms with Crippen LogP contribution in [0.3, 0.4) is 0 Å². The number of hydrogen-bond donors (Lipinski definition) is 1. The molecule has 24 heavy (non-hydrogen) atoms. The topological polar surface area (TPSA) is 70.1 Å². The maximum Gasteiger partial charge on any atom is 0.303 e. The van der Waals surface area contributed by atoms with Gasteiger partial charge in [-0.15, -0.1) is 0 Å². The molecular weight excluding hydrogens is 308 g/mol. The minimum atomic E-state index is -0.803. The fourth-order valence-corrected chi connectivity index (χ4v) is 3.37. The molecule has 1 aromatic rings. The SMILES string of the molecule is COc1cccc(N2CCN(C(=O)CC3(CC(=O)O)CC3)CC2)c1. The van der Waals surface area contributed by atoms with E-state index in [2.05, 4.69) is 4.90 Å². The Bertz CT molecular complexity index is 619. The standard InChI is InChI=1S/C18H24N2O4/c1-24-15-4-2-3-14(11-15)19-7-9-20(10-8-19)16(21)12-18(5-6-18)13-17(22)23/h2-4,11H,5-10,12-13H2,1H3,(H,22,23). The van der Waals surface area contributed by atoms with Crippen molar-refractivity contribution >= 4 is 17.6 Å². The van der Waals surface area contributed by atoms with Crippen LogP contribution in [0.4, 0.5) is 5.69 Å². The highest BCUT2D eigenvalue weighted by molar-refractivity contribution is 5.79. The Kier molecular flexibility index (Phi) is 4.64. The summed E-state index contributed by atoms with van der Waals surface area (Å²) < 4.78 is 5.26. The molecule has 1 N–H and O–H groups in total. The number of anilines is 1. The van der Waals surface area contributed by atoms with E-state index in [0.717, 1.165) is 37.4 Å². The molecule has 0 spiro atoms. The van der Waals surface area contributed by atoms with Crippen molar-refractivity contribution in [1.82, 2.24) is 4.90 Å². The summed E-state index contributed by atoms with van der Waals surface area (Å²) in [5.74, 6) is 0.123. The first kappa shape index (κ1) is 16.6. The molecule has 0 bridgehead atoms. The van der Waals surface area contributed by atoms with Crippen LogP contribution < -0.4 is 9.64 Å². The summed E-state index contributed by atoms with van der Waals surface area (Å²) in [5.41, 5.74) is 0.832. The van der Waals surface area contributed by atoms with Crippen LogP contribution in [0.1, 0.15) is 25.7 Å². The van der Waals surface area contributed by atoms with Crippen molar-refractivity contribution in [3.63, 3.8) is 0 Å². The highest BCUT2D eigenvalue weighted by Gasteiger charge is 2.46. The monoisotopic (exact) mass is 332 g/mol. The van der Waals surface area contributed by atoms with Crippen LogP contribution in [0.15, 0.2) is 24.3 Å². The zero-order valence-electron chi connectivity index (χ0n) is 14.0. The van der Waals surface area contributed by atoms with Crippen LogP contribution in [0, 0.1) is 5.41 Å². The predicted molar refractivity (Wildman–Crippen MR) is 90.3 cm³/mol. The zero-order valence-corrected chi connectivity index (χ0v) is 14.0. The quantitative estimate of drug-likeness (QED) is 0.863. The minimum absolute atomic E-state index is 0.0963. The largest absolute Gasteiger partial charge is 0.497 e. The van der Waals surface area contributed by atoms with E-state index in [-0.39, 0.29) is 17.7 Å². The highest BCUT2D eigenvalue weighted by Crippen LogP contribution is 2.52. The van der Waals surface area contributed by atoms with Crippen molar-refractivity contribution in [3.8, 4) is 5.75 Å². The Morgan fingerprint density at radius 2 is 1.88 bits per heavy atom. The molecule has 0 unspecified atom stereocenters. The zero-order chi connectivity index (χ0) is 17.2. The van der Waals surface area contributed by atoms with Crippen LogP contribution in [0.5, 0.6) is 5.75 Å². The maximum atomic E-state index is 12.5. The second-order valence-electron chi connectivity index (χ2n) is 6.82. The van der Waals surface area contributed by atoms with Crippen LogP contribution in [-0.4, -0.2) is 55.2 Å². The summed E-state index contributed by atoms with van der Waals surface area (Å²) in [7, 11) is 1.65. The van der Waals surface area contributed by atoms with E-state index in [1.54, 1.807) is 7.11 Å². The number of benzene rings is 1. The Hall–Kier alpha value is -2.24. The first-order valence-electron chi connectivity index (χ1n) is 8.40. The van der Waals surface area contributed by atoms with Gasteiger partial charge in [0.2, 0.25) is 5.91 Å². The van der Waals surface area contributed by atoms with Gasteiger partial charge < -0.3 is 19.6 Å². The molecule has 0 radical (unpaired) electrons. The molecule has 1 amide bonds. The molecule has 1 heterocycles. The molecule has 1 saturated heterocycles. The number of carboxylic acids is 1. The van der Waals surface area contributed by atoms with Crippen molar-refractivity contribution in [3.05, 3.63) is 24.3 Å². The van der Waals surface area contributed by atoms with E-state index in [0.29, 0.717) is 19.5 Å². The van der Waals surface area contributed by atoms with Crippen molar-refractivity contribution in [1.29, 1.82) is 0 Å². The molecule has 6 heteroatoms. The summed E-state index contributed by atoms with van der Waals surface area (Å²) in [5, 5.41) is 8.97. The Labute approximate surface area is 142 Å². The molecule has 1 aromatic carbocycles. The molecule has 2 fully saturated rings. The van der Waals surface area contributed by atoms with Crippen molar-refractivity contribution < 1.29 is 19.4 Å². The molecule has 1 aliphatic carbocycles. The fourth-order valence-electron chi connectivity index (χ4n) is 3.37. The first-order valence-corrected chi connectivity index (χ1v) is 8.40. The lowest BCUT2D eigenvalue weighted by Gasteiger charge is -2.36. The molecule has 0 atom stereocenters. The van der Waals surface area contributed by atoms with Crippen LogP contribution in [-0.2, 0) is 9.59 Å². The van der Waals surface area contributed by atoms with Gasteiger partial charge >= 0.3 is 5.97 Å². The molecule has 130 valence electrons. The van der Waals surface area contributed by atoms with Crippen LogP contribution >= 0.6 is 0 Å². The van der Waals surface area contributed by atoms with E-state index >= 15 is 0 Å². The Morgan fingerprint density at radius 3 is 2.46 bits per heavy atom. The number of nitrogens with zero attached hydrogens (tertiary/aromatic N) is 2. The minimum Gasteiger partial charge on any atom is -0.497 e. The number of hydrogen-bond acceptors (Lipinski definition) is 4. The smallest absolute Gasteiger partial charge is 0.303 e. The number of ether oxygens (including phenoxy) is 1. The van der Waals surface area contributed by atoms with Gasteiger partial charge in [0.15, 0.2) is 0 Å². The van der Waals surface area contributed by atoms with Gasteiger partial charge in [-0.1, -0.05) is 6.07 Å². The molecule has 0 aromatic heterocycles. The van der Waals surface area contributed by atoms with Gasteiger partial charge in [0.1, 0.15) is 5.75 Å². The number of rotatable bonds is 6. The second kappa shape index (κ2) is 6.71. The summed E-state index contributed by atoms with van der Waals surface area (Å²) >= 11 is 0. The summed E-state index contributed by atoms with van der Waals surface area (Å²) in [6, 6.07) is 7.94. The lowest BCUT2D eigenvalue weighted by atomic mass is 9.97. The number of carboxylic acid groups (broad SMARTS) is 1. The average Bonchev–Trinajstić information content (AvgIpc) is 3.33. The summed E-state index contributed by atoms with van der Waals surface area (Å²) in [4.78, 5) is 27.5. The van der Waals surface area contributed by atoms with E-state index in [4.69, 9.17) is 9.84 Å². The third-order valence-corrected chi connectivity index (χ3v) is 5.06. The van der Waals surface area contributed by atoms with E-state index < -0.39 is 5.97 Å². The number of methoxy groups -OCH3 is 1. The van der Waals surface area contributed by atoms with Crippen molar-refractivity contribution in [2.75, 3.05) is 38.2 Å². The normalized spacial score (nSPS) is 19.0. The molecule has 2 aliphatic rings. The number of piperazine rings is 1. The summed E-state index contributed by atoms with van der Waals surface area (Å²) in [6.45, 7) is 2.92. The third-order valence-electron chi connectivity index (χ3n) is 5.06. The molecular formula is C18H24N2O4. The van der Waals surface area contributed by atoms with E-state index in [9.17, 15) is 9.59 Å². The fraction of sp³-hybridized carbons (Fsp3) is 0.556. The third kappa shape index (κ3) is 3.80. The van der Waals surface area contributed by atoms with Gasteiger partial charge in [-0.2, -0.15) is 0 Å². The predicted octanol–water partition coefficient (Wildman–Crippen LogP) is 1.99. The van der Waals surface area contributed by atoms with Crippen molar-refractivity contribution in [2.24, 2.45) is 5.41 Å². The maximum absolute atomic E-state index is 12.5. The van der Waals surface area contributed by atoms with Gasteiger partial charge in [0.05, 0.1) is 13.5 Å². The van der Waals surface area contributed by atoms with Gasteiger partial charge in [-0.3, -0.25) is 9.59 Å². The highest BCUT2D eigenvalue weighted by atomic mass is 16.5. The van der Waals surface area contributed by atoms with Gasteiger partial charge in [-0.05, 0) is 30.4 Å². The van der Waals surface area contributed by atoms with E-state index in [1.807, 2.05) is 29.2 Å². The number of carbonyl (C=O) groups is 2. The van der Waals surface area contributed by atoms with Gasteiger partial charge in [-0.25, -0.2) is 0 Å². The molecule has 1 saturated carbocycles. The lowest BCUT2D eigenvalue weighted by molar-refractivity contribution is -0.139. The Morgan fingerprint density at radius 1 is 1.17 bits per heavy atom. The molecule has 3 rings (SSSR count). The van der Waals surface area contributed by atoms with Crippen LogP contribution in [0.25, 0.3) is 0 Å². The van der Waals surface area contributed by atoms with Gasteiger partial charge in [0, 0.05) is 44.4 Å². The first-order chi connectivity index (χ1) is 11.5. The number of carbonyl (C=O) groups excluding carboxylic acids is 1. The molecule has 1 aliphatic heterocycles. The average molecular weight is 332 g/mol. The lowest BCUT2D eigenvalue weighted by Crippen LogP contribution is -2.49. The number of aliphatic carboxylic acids is 1. The molecule has 6 nitrogen and oxygen atoms in total. The number of amides is 1. The Balaban J connectivity index is 1.53. The van der Waals surface area contributed by atoms with Gasteiger partial charge in [0.25, 0.3) is 0 Å². The van der Waals surface area contributed by atoms with E-state index in [1.165, 1.54) is 0 Å². The summed E-state index contributed by atoms with van der Waals surface area (Å²) in [6.07, 6.45) is 2.20. The van der Waals surface area contributed by atoms with Crippen LogP contribution in [0.2, 0.25) is 0 Å². The second-order valence-corrected chi connectivity index (χ2v) is 6.82.